The van der Waals surface area contributed by atoms with Crippen LogP contribution >= 0.6 is 0 Å². The molecule has 0 atom stereocenters. The molecule has 0 aliphatic rings. The molecule has 3 aromatic rings. The summed E-state index contributed by atoms with van der Waals surface area (Å²) < 4.78 is 55.9. The van der Waals surface area contributed by atoms with E-state index in [4.69, 9.17) is 14.2 Å². The quantitative estimate of drug-likeness (QED) is 0.275. The second-order valence-electron chi connectivity index (χ2n) is 7.80. The van der Waals surface area contributed by atoms with Gasteiger partial charge in [0.15, 0.2) is 17.3 Å². The first kappa shape index (κ1) is 26.8. The maximum Gasteiger partial charge on any atom is 0.417 e. The molecule has 3 rings (SSSR count). The number of benzene rings is 1. The molecule has 1 N–H and O–H groups in total. The van der Waals surface area contributed by atoms with Crippen LogP contribution in [0.5, 0.6) is 17.4 Å². The van der Waals surface area contributed by atoms with Gasteiger partial charge in [-0.25, -0.2) is 9.67 Å². The van der Waals surface area contributed by atoms with Crippen molar-refractivity contribution in [1.82, 2.24) is 14.8 Å². The van der Waals surface area contributed by atoms with E-state index >= 15 is 0 Å². The first-order valence-corrected chi connectivity index (χ1v) is 11.6. The Bertz CT molecular complexity index is 1150. The number of hydrogen-bond acceptors (Lipinski definition) is 7. The number of phenols is 1. The van der Waals surface area contributed by atoms with E-state index in [-0.39, 0.29) is 24.0 Å². The van der Waals surface area contributed by atoms with Gasteiger partial charge in [-0.05, 0) is 62.9 Å². The Morgan fingerprint density at radius 2 is 1.89 bits per heavy atom. The summed E-state index contributed by atoms with van der Waals surface area (Å²) in [4.78, 5) is 15.3. The lowest BCUT2D eigenvalue weighted by Crippen LogP contribution is -2.07. The summed E-state index contributed by atoms with van der Waals surface area (Å²) in [6.45, 7) is 4.55. The first-order valence-electron chi connectivity index (χ1n) is 11.6. The molecule has 0 aliphatic carbocycles. The first-order chi connectivity index (χ1) is 17.2. The van der Waals surface area contributed by atoms with Crippen LogP contribution in [0, 0.1) is 0 Å². The fourth-order valence-electron chi connectivity index (χ4n) is 3.39. The van der Waals surface area contributed by atoms with E-state index in [2.05, 4.69) is 10.1 Å². The number of aromatic hydroxyl groups is 1. The third-order valence-corrected chi connectivity index (χ3v) is 5.14. The van der Waals surface area contributed by atoms with Crippen LogP contribution in [-0.4, -0.2) is 45.7 Å². The van der Waals surface area contributed by atoms with Gasteiger partial charge in [0.05, 0.1) is 25.4 Å². The summed E-state index contributed by atoms with van der Waals surface area (Å²) in [5, 5.41) is 14.5. The number of aryl methyl sites for hydroxylation is 2. The largest absolute Gasteiger partial charge is 0.504 e. The second-order valence-corrected chi connectivity index (χ2v) is 7.80. The molecule has 2 heterocycles. The summed E-state index contributed by atoms with van der Waals surface area (Å²) in [6.07, 6.45) is -0.273. The maximum atomic E-state index is 12.8. The SMILES string of the molecule is CCOC(=O)CCc1ccc(OCCCc2cn(-c3ccc(C(F)(F)F)cn3)nc2OCC)c(O)c1. The van der Waals surface area contributed by atoms with E-state index in [1.165, 1.54) is 10.7 Å². The monoisotopic (exact) mass is 507 g/mol. The number of carbonyl (C=O) groups is 1. The van der Waals surface area contributed by atoms with Crippen LogP contribution in [0.25, 0.3) is 5.82 Å². The molecule has 0 saturated carbocycles. The van der Waals surface area contributed by atoms with E-state index in [1.54, 1.807) is 31.3 Å². The van der Waals surface area contributed by atoms with Crippen molar-refractivity contribution in [1.29, 1.82) is 0 Å². The van der Waals surface area contributed by atoms with Crippen LogP contribution in [0.4, 0.5) is 13.2 Å². The number of nitrogens with zero attached hydrogens (tertiary/aromatic N) is 3. The Kier molecular flexibility index (Phi) is 9.15. The number of alkyl halides is 3. The van der Waals surface area contributed by atoms with Crippen molar-refractivity contribution in [2.45, 2.75) is 45.7 Å². The van der Waals surface area contributed by atoms with Gasteiger partial charge in [-0.3, -0.25) is 4.79 Å². The van der Waals surface area contributed by atoms with E-state index in [0.717, 1.165) is 23.4 Å². The normalized spacial score (nSPS) is 11.4. The zero-order valence-electron chi connectivity index (χ0n) is 20.0. The molecule has 0 unspecified atom stereocenters. The summed E-state index contributed by atoms with van der Waals surface area (Å²) in [6, 6.07) is 7.19. The number of pyridine rings is 1. The topological polar surface area (TPSA) is 95.7 Å². The van der Waals surface area contributed by atoms with Crippen molar-refractivity contribution in [3.63, 3.8) is 0 Å². The van der Waals surface area contributed by atoms with Crippen molar-refractivity contribution < 1.29 is 37.3 Å². The number of hydrogen-bond donors (Lipinski definition) is 1. The van der Waals surface area contributed by atoms with Crippen LogP contribution < -0.4 is 9.47 Å². The fourth-order valence-corrected chi connectivity index (χ4v) is 3.39. The standard InChI is InChI=1S/C25H28F3N3O5/c1-3-34-23(33)12-8-17-7-10-21(20(32)14-17)36-13-5-6-18-16-31(30-24(18)35-4-2)22-11-9-19(15-29-22)25(26,27)28/h7,9-11,14-16,32H,3-6,8,12-13H2,1-2H3. The molecule has 0 spiro atoms. The number of aromatic nitrogens is 3. The molecule has 0 aliphatic heterocycles. The molecule has 0 amide bonds. The van der Waals surface area contributed by atoms with E-state index < -0.39 is 11.7 Å². The van der Waals surface area contributed by atoms with Gasteiger partial charge >= 0.3 is 12.1 Å². The van der Waals surface area contributed by atoms with Gasteiger partial charge in [0.25, 0.3) is 0 Å². The Hall–Kier alpha value is -3.76. The molecule has 8 nitrogen and oxygen atoms in total. The molecule has 2 aromatic heterocycles. The average molecular weight is 508 g/mol. The summed E-state index contributed by atoms with van der Waals surface area (Å²) in [5.74, 6) is 0.616. The second kappa shape index (κ2) is 12.3. The highest BCUT2D eigenvalue weighted by molar-refractivity contribution is 5.69. The molecule has 11 heteroatoms. The van der Waals surface area contributed by atoms with Gasteiger partial charge < -0.3 is 19.3 Å². The molecule has 0 fully saturated rings. The predicted molar refractivity (Wildman–Crippen MR) is 124 cm³/mol. The Balaban J connectivity index is 1.57. The minimum absolute atomic E-state index is 0.0208. The van der Waals surface area contributed by atoms with Gasteiger partial charge in [-0.15, -0.1) is 5.10 Å². The van der Waals surface area contributed by atoms with Crippen molar-refractivity contribution in [2.75, 3.05) is 19.8 Å². The van der Waals surface area contributed by atoms with Crippen LogP contribution in [0.15, 0.2) is 42.7 Å². The number of halogens is 3. The number of carbonyl (C=O) groups excluding carboxylic acids is 1. The van der Waals surface area contributed by atoms with Gasteiger partial charge in [0.2, 0.25) is 5.88 Å². The Labute approximate surface area is 206 Å². The van der Waals surface area contributed by atoms with E-state index in [0.29, 0.717) is 50.7 Å². The van der Waals surface area contributed by atoms with Crippen LogP contribution in [-0.2, 0) is 28.5 Å². The molecule has 0 radical (unpaired) electrons. The highest BCUT2D eigenvalue weighted by Crippen LogP contribution is 2.30. The summed E-state index contributed by atoms with van der Waals surface area (Å²) in [5.41, 5.74) is 0.704. The molecule has 0 bridgehead atoms. The third-order valence-electron chi connectivity index (χ3n) is 5.14. The zero-order chi connectivity index (χ0) is 26.1. The molecular formula is C25H28F3N3O5. The lowest BCUT2D eigenvalue weighted by atomic mass is 10.1. The minimum atomic E-state index is -4.46. The van der Waals surface area contributed by atoms with E-state index in [9.17, 15) is 23.1 Å². The number of ether oxygens (including phenoxy) is 3. The van der Waals surface area contributed by atoms with Gasteiger partial charge in [0.1, 0.15) is 0 Å². The lowest BCUT2D eigenvalue weighted by Gasteiger charge is -2.10. The van der Waals surface area contributed by atoms with Crippen molar-refractivity contribution in [3.05, 3.63) is 59.4 Å². The van der Waals surface area contributed by atoms with Crippen molar-refractivity contribution >= 4 is 5.97 Å². The number of phenolic OH excluding ortho intramolecular Hbond substituents is 1. The molecule has 194 valence electrons. The van der Waals surface area contributed by atoms with Crippen molar-refractivity contribution in [2.24, 2.45) is 0 Å². The minimum Gasteiger partial charge on any atom is -0.504 e. The number of esters is 1. The van der Waals surface area contributed by atoms with Gasteiger partial charge in [0, 0.05) is 24.4 Å². The maximum absolute atomic E-state index is 12.8. The Morgan fingerprint density at radius 1 is 1.08 bits per heavy atom. The van der Waals surface area contributed by atoms with Crippen LogP contribution in [0.2, 0.25) is 0 Å². The molecular weight excluding hydrogens is 479 g/mol. The number of rotatable bonds is 12. The smallest absolute Gasteiger partial charge is 0.417 e. The molecule has 36 heavy (non-hydrogen) atoms. The van der Waals surface area contributed by atoms with Crippen LogP contribution in [0.1, 0.15) is 43.4 Å². The third kappa shape index (κ3) is 7.37. The van der Waals surface area contributed by atoms with E-state index in [1.807, 2.05) is 6.92 Å². The van der Waals surface area contributed by atoms with Crippen LogP contribution in [0.3, 0.4) is 0 Å². The average Bonchev–Trinajstić information content (AvgIpc) is 3.24. The fraction of sp³-hybridized carbons (Fsp3) is 0.400. The lowest BCUT2D eigenvalue weighted by molar-refractivity contribution is -0.143. The molecule has 1 aromatic carbocycles. The summed E-state index contributed by atoms with van der Waals surface area (Å²) >= 11 is 0. The highest BCUT2D eigenvalue weighted by Gasteiger charge is 2.30. The highest BCUT2D eigenvalue weighted by atomic mass is 19.4. The zero-order valence-corrected chi connectivity index (χ0v) is 20.0. The summed E-state index contributed by atoms with van der Waals surface area (Å²) in [7, 11) is 0. The van der Waals surface area contributed by atoms with Gasteiger partial charge in [-0.1, -0.05) is 6.07 Å². The van der Waals surface area contributed by atoms with Gasteiger partial charge in [-0.2, -0.15) is 13.2 Å². The predicted octanol–water partition coefficient (Wildman–Crippen LogP) is 4.90. The Morgan fingerprint density at radius 3 is 2.53 bits per heavy atom. The molecule has 0 saturated heterocycles. The van der Waals surface area contributed by atoms with Crippen molar-refractivity contribution in [3.8, 4) is 23.2 Å².